The first kappa shape index (κ1) is 15.0. The average molecular weight is 294 g/mol. The Morgan fingerprint density at radius 3 is 2.40 bits per heavy atom. The van der Waals surface area contributed by atoms with Crippen molar-refractivity contribution in [3.63, 3.8) is 0 Å². The highest BCUT2D eigenvalue weighted by atomic mass is 32.2. The van der Waals surface area contributed by atoms with Crippen LogP contribution in [0.4, 0.5) is 0 Å². The van der Waals surface area contributed by atoms with Crippen molar-refractivity contribution in [2.45, 2.75) is 51.0 Å². The van der Waals surface area contributed by atoms with Gasteiger partial charge in [0.2, 0.25) is 0 Å². The molecule has 0 N–H and O–H groups in total. The quantitative estimate of drug-likeness (QED) is 0.861. The first-order valence-corrected chi connectivity index (χ1v) is 8.51. The lowest BCUT2D eigenvalue weighted by Gasteiger charge is -2.33. The van der Waals surface area contributed by atoms with E-state index in [0.29, 0.717) is 5.84 Å². The fourth-order valence-electron chi connectivity index (χ4n) is 2.39. The molecule has 0 atom stereocenters. The molecule has 0 aliphatic carbocycles. The highest BCUT2D eigenvalue weighted by molar-refractivity contribution is 7.90. The number of rotatable bonds is 3. The summed E-state index contributed by atoms with van der Waals surface area (Å²) in [6.45, 7) is 6.96. The molecule has 1 aromatic carbocycles. The van der Waals surface area contributed by atoms with Crippen LogP contribution in [-0.2, 0) is 10.0 Å². The average Bonchev–Trinajstić information content (AvgIpc) is 2.39. The van der Waals surface area contributed by atoms with Crippen molar-refractivity contribution in [1.82, 2.24) is 4.90 Å². The Hall–Kier alpha value is -1.36. The first-order chi connectivity index (χ1) is 9.40. The molecule has 2 rings (SSSR count). The Balaban J connectivity index is 2.33. The number of hydrogen-bond donors (Lipinski definition) is 0. The van der Waals surface area contributed by atoms with Gasteiger partial charge in [0.15, 0.2) is 0 Å². The minimum Gasteiger partial charge on any atom is -0.357 e. The third-order valence-electron chi connectivity index (χ3n) is 3.55. The van der Waals surface area contributed by atoms with E-state index in [1.807, 2.05) is 6.92 Å². The van der Waals surface area contributed by atoms with Gasteiger partial charge < -0.3 is 4.90 Å². The van der Waals surface area contributed by atoms with E-state index in [1.54, 1.807) is 24.3 Å². The van der Waals surface area contributed by atoms with E-state index in [0.717, 1.165) is 31.4 Å². The lowest BCUT2D eigenvalue weighted by atomic mass is 10.1. The summed E-state index contributed by atoms with van der Waals surface area (Å²) < 4.78 is 28.8. The van der Waals surface area contributed by atoms with Gasteiger partial charge in [0.25, 0.3) is 10.0 Å². The molecule has 0 bridgehead atoms. The third-order valence-corrected chi connectivity index (χ3v) is 4.87. The van der Waals surface area contributed by atoms with Gasteiger partial charge in [-0.05, 0) is 45.7 Å². The predicted molar refractivity (Wildman–Crippen MR) is 81.5 cm³/mol. The standard InChI is InChI=1S/C15H22N2O2S/c1-12(2)17-11-5-4-6-15(17)16-20(18,19)14-9-7-13(3)8-10-14/h7-10,12H,4-6,11H2,1-3H3. The van der Waals surface area contributed by atoms with Crippen LogP contribution in [0.25, 0.3) is 0 Å². The van der Waals surface area contributed by atoms with E-state index in [-0.39, 0.29) is 10.9 Å². The molecule has 0 aromatic heterocycles. The van der Waals surface area contributed by atoms with E-state index < -0.39 is 10.0 Å². The molecule has 20 heavy (non-hydrogen) atoms. The second kappa shape index (κ2) is 5.95. The fourth-order valence-corrected chi connectivity index (χ4v) is 3.45. The van der Waals surface area contributed by atoms with Gasteiger partial charge in [-0.1, -0.05) is 17.7 Å². The van der Waals surface area contributed by atoms with Gasteiger partial charge >= 0.3 is 0 Å². The van der Waals surface area contributed by atoms with Gasteiger partial charge in [-0.25, -0.2) is 0 Å². The maximum atomic E-state index is 12.4. The molecule has 1 aliphatic rings. The third kappa shape index (κ3) is 3.39. The monoisotopic (exact) mass is 294 g/mol. The molecular formula is C15H22N2O2S. The smallest absolute Gasteiger partial charge is 0.283 e. The maximum Gasteiger partial charge on any atom is 0.283 e. The number of benzene rings is 1. The Kier molecular flexibility index (Phi) is 4.48. The Labute approximate surface area is 121 Å². The van der Waals surface area contributed by atoms with Gasteiger partial charge in [-0.15, -0.1) is 4.40 Å². The number of piperidine rings is 1. The lowest BCUT2D eigenvalue weighted by molar-refractivity contribution is 0.314. The van der Waals surface area contributed by atoms with E-state index in [1.165, 1.54) is 0 Å². The summed E-state index contributed by atoms with van der Waals surface area (Å²) in [6, 6.07) is 7.12. The molecule has 0 saturated carbocycles. The molecule has 1 aromatic rings. The van der Waals surface area contributed by atoms with Gasteiger partial charge in [-0.3, -0.25) is 0 Å². The molecule has 5 heteroatoms. The Morgan fingerprint density at radius 2 is 1.80 bits per heavy atom. The normalized spacial score (nSPS) is 18.8. The largest absolute Gasteiger partial charge is 0.357 e. The van der Waals surface area contributed by atoms with Gasteiger partial charge in [0.05, 0.1) is 4.90 Å². The highest BCUT2D eigenvalue weighted by Gasteiger charge is 2.22. The number of amidine groups is 1. The van der Waals surface area contributed by atoms with E-state index in [4.69, 9.17) is 0 Å². The summed E-state index contributed by atoms with van der Waals surface area (Å²) in [4.78, 5) is 2.36. The SMILES string of the molecule is Cc1ccc(S(=O)(=O)N=C2CCCCN2C(C)C)cc1. The summed E-state index contributed by atoms with van der Waals surface area (Å²) in [7, 11) is -3.60. The van der Waals surface area contributed by atoms with Crippen molar-refractivity contribution in [3.8, 4) is 0 Å². The zero-order valence-corrected chi connectivity index (χ0v) is 13.2. The molecule has 110 valence electrons. The zero-order chi connectivity index (χ0) is 14.8. The van der Waals surface area contributed by atoms with Crippen molar-refractivity contribution >= 4 is 15.9 Å². The Morgan fingerprint density at radius 1 is 1.15 bits per heavy atom. The maximum absolute atomic E-state index is 12.4. The molecule has 4 nitrogen and oxygen atoms in total. The minimum absolute atomic E-state index is 0.268. The summed E-state index contributed by atoms with van der Waals surface area (Å²) in [5.74, 6) is 0.701. The van der Waals surface area contributed by atoms with Crippen LogP contribution in [0.1, 0.15) is 38.7 Å². The van der Waals surface area contributed by atoms with Crippen molar-refractivity contribution < 1.29 is 8.42 Å². The van der Waals surface area contributed by atoms with Crippen LogP contribution in [0.5, 0.6) is 0 Å². The van der Waals surface area contributed by atoms with Crippen LogP contribution >= 0.6 is 0 Å². The molecule has 1 saturated heterocycles. The van der Waals surface area contributed by atoms with Crippen LogP contribution in [0, 0.1) is 6.92 Å². The second-order valence-electron chi connectivity index (χ2n) is 5.54. The first-order valence-electron chi connectivity index (χ1n) is 7.07. The Bertz CT molecular complexity index is 589. The molecule has 1 fully saturated rings. The molecule has 0 unspecified atom stereocenters. The van der Waals surface area contributed by atoms with E-state index in [9.17, 15) is 8.42 Å². The van der Waals surface area contributed by atoms with Crippen molar-refractivity contribution in [2.24, 2.45) is 4.40 Å². The van der Waals surface area contributed by atoms with Crippen LogP contribution in [0.2, 0.25) is 0 Å². The molecule has 1 heterocycles. The summed E-state index contributed by atoms with van der Waals surface area (Å²) in [5, 5.41) is 0. The van der Waals surface area contributed by atoms with Gasteiger partial charge in [0, 0.05) is 19.0 Å². The predicted octanol–water partition coefficient (Wildman–Crippen LogP) is 2.98. The van der Waals surface area contributed by atoms with Crippen LogP contribution in [0.3, 0.4) is 0 Å². The van der Waals surface area contributed by atoms with Crippen molar-refractivity contribution in [3.05, 3.63) is 29.8 Å². The summed E-state index contributed by atoms with van der Waals surface area (Å²) >= 11 is 0. The topological polar surface area (TPSA) is 49.7 Å². The number of nitrogens with zero attached hydrogens (tertiary/aromatic N) is 2. The highest BCUT2D eigenvalue weighted by Crippen LogP contribution is 2.19. The number of likely N-dealkylation sites (tertiary alicyclic amines) is 1. The van der Waals surface area contributed by atoms with Gasteiger partial charge in [0.1, 0.15) is 5.84 Å². The molecule has 0 radical (unpaired) electrons. The van der Waals surface area contributed by atoms with Crippen LogP contribution < -0.4 is 0 Å². The van der Waals surface area contributed by atoms with Crippen LogP contribution in [-0.4, -0.2) is 31.7 Å². The van der Waals surface area contributed by atoms with E-state index >= 15 is 0 Å². The van der Waals surface area contributed by atoms with E-state index in [2.05, 4.69) is 23.1 Å². The number of sulfonamides is 1. The van der Waals surface area contributed by atoms with Crippen LogP contribution in [0.15, 0.2) is 33.6 Å². The summed E-state index contributed by atoms with van der Waals surface area (Å²) in [5.41, 5.74) is 1.04. The molecular weight excluding hydrogens is 272 g/mol. The molecule has 1 aliphatic heterocycles. The second-order valence-corrected chi connectivity index (χ2v) is 7.14. The summed E-state index contributed by atoms with van der Waals surface area (Å²) in [6.07, 6.45) is 2.84. The fraction of sp³-hybridized carbons (Fsp3) is 0.533. The molecule has 0 spiro atoms. The zero-order valence-electron chi connectivity index (χ0n) is 12.3. The van der Waals surface area contributed by atoms with Gasteiger partial charge in [-0.2, -0.15) is 8.42 Å². The molecule has 0 amide bonds. The van der Waals surface area contributed by atoms with Crippen molar-refractivity contribution in [2.75, 3.05) is 6.54 Å². The number of aryl methyl sites for hydroxylation is 1. The number of hydrogen-bond acceptors (Lipinski definition) is 2. The van der Waals surface area contributed by atoms with Crippen molar-refractivity contribution in [1.29, 1.82) is 0 Å². The lowest BCUT2D eigenvalue weighted by Crippen LogP contribution is -2.40. The minimum atomic E-state index is -3.60.